The predicted octanol–water partition coefficient (Wildman–Crippen LogP) is -0.219. The fraction of sp³-hybridized carbons (Fsp3) is 1.00. The molecule has 0 aromatic rings. The lowest BCUT2D eigenvalue weighted by Crippen LogP contribution is -2.28. The Labute approximate surface area is 59.9 Å². The Morgan fingerprint density at radius 2 is 1.90 bits per heavy atom. The summed E-state index contributed by atoms with van der Waals surface area (Å²) in [5.41, 5.74) is 0. The van der Waals surface area contributed by atoms with Crippen LogP contribution in [0.2, 0.25) is 0 Å². The number of hydrogen-bond acceptors (Lipinski definition) is 3. The van der Waals surface area contributed by atoms with Crippen LogP contribution in [0.4, 0.5) is 0 Å². The van der Waals surface area contributed by atoms with Gasteiger partial charge in [-0.2, -0.15) is 0 Å². The minimum Gasteiger partial charge on any atom is -0.388 e. The summed E-state index contributed by atoms with van der Waals surface area (Å²) in [7, 11) is 0. The van der Waals surface area contributed by atoms with Gasteiger partial charge in [0.15, 0.2) is 0 Å². The molecule has 0 bridgehead atoms. The molecule has 2 aliphatic rings. The van der Waals surface area contributed by atoms with Gasteiger partial charge in [0.25, 0.3) is 0 Å². The number of aliphatic hydroxyl groups is 1. The largest absolute Gasteiger partial charge is 0.388 e. The first-order valence-electron chi connectivity index (χ1n) is 3.70. The average molecular weight is 144 g/mol. The van der Waals surface area contributed by atoms with E-state index >= 15 is 0 Å². The zero-order valence-corrected chi connectivity index (χ0v) is 5.99. The summed E-state index contributed by atoms with van der Waals surface area (Å²) in [5, 5.41) is 9.27. The summed E-state index contributed by atoms with van der Waals surface area (Å²) in [6.07, 6.45) is -0.292. The highest BCUT2D eigenvalue weighted by molar-refractivity contribution is 4.92. The summed E-state index contributed by atoms with van der Waals surface area (Å²) in [5.74, 6) is 0.446. The summed E-state index contributed by atoms with van der Waals surface area (Å²) < 4.78 is 10.7. The molecular weight excluding hydrogens is 132 g/mol. The molecule has 2 aliphatic heterocycles. The van der Waals surface area contributed by atoms with E-state index in [1.54, 1.807) is 0 Å². The Hall–Kier alpha value is -0.120. The van der Waals surface area contributed by atoms with Crippen LogP contribution in [0.5, 0.6) is 0 Å². The van der Waals surface area contributed by atoms with Crippen molar-refractivity contribution >= 4 is 0 Å². The number of ether oxygens (including phenoxy) is 2. The Morgan fingerprint density at radius 1 is 1.20 bits per heavy atom. The third kappa shape index (κ3) is 0.779. The van der Waals surface area contributed by atoms with Crippen molar-refractivity contribution < 1.29 is 14.6 Å². The van der Waals surface area contributed by atoms with Gasteiger partial charge in [-0.15, -0.1) is 0 Å². The van der Waals surface area contributed by atoms with E-state index in [4.69, 9.17) is 9.47 Å². The van der Waals surface area contributed by atoms with Gasteiger partial charge in [-0.05, 0) is 0 Å². The number of aliphatic hydroxyl groups excluding tert-OH is 1. The van der Waals surface area contributed by atoms with E-state index in [2.05, 4.69) is 6.92 Å². The Kier molecular flexibility index (Phi) is 1.44. The molecule has 2 saturated heterocycles. The molecule has 2 rings (SSSR count). The molecule has 3 heteroatoms. The van der Waals surface area contributed by atoms with Gasteiger partial charge in [-0.3, -0.25) is 0 Å². The smallest absolute Gasteiger partial charge is 0.112 e. The molecule has 0 aliphatic carbocycles. The van der Waals surface area contributed by atoms with Crippen LogP contribution in [-0.2, 0) is 9.47 Å². The van der Waals surface area contributed by atoms with Crippen LogP contribution in [0.15, 0.2) is 0 Å². The number of hydrogen-bond donors (Lipinski definition) is 1. The zero-order valence-electron chi connectivity index (χ0n) is 5.99. The monoisotopic (exact) mass is 144 g/mol. The van der Waals surface area contributed by atoms with Gasteiger partial charge in [0.1, 0.15) is 12.2 Å². The quantitative estimate of drug-likeness (QED) is 0.511. The van der Waals surface area contributed by atoms with E-state index in [9.17, 15) is 5.11 Å². The summed E-state index contributed by atoms with van der Waals surface area (Å²) in [4.78, 5) is 0. The van der Waals surface area contributed by atoms with E-state index in [0.717, 1.165) is 6.61 Å². The van der Waals surface area contributed by atoms with Gasteiger partial charge in [0.05, 0.1) is 19.3 Å². The van der Waals surface area contributed by atoms with E-state index in [-0.39, 0.29) is 12.2 Å². The van der Waals surface area contributed by atoms with E-state index in [1.165, 1.54) is 0 Å². The maximum absolute atomic E-state index is 9.27. The van der Waals surface area contributed by atoms with Crippen molar-refractivity contribution in [1.29, 1.82) is 0 Å². The Bertz CT molecular complexity index is 121. The SMILES string of the molecule is CC1CO[C@@H]2C(O)CO[C@H]12. The van der Waals surface area contributed by atoms with Crippen molar-refractivity contribution in [3.63, 3.8) is 0 Å². The second kappa shape index (κ2) is 2.19. The van der Waals surface area contributed by atoms with Gasteiger partial charge in [-0.1, -0.05) is 6.92 Å². The second-order valence-corrected chi connectivity index (χ2v) is 3.14. The van der Waals surface area contributed by atoms with Gasteiger partial charge in [0.2, 0.25) is 0 Å². The van der Waals surface area contributed by atoms with Crippen molar-refractivity contribution in [2.75, 3.05) is 13.2 Å². The van der Waals surface area contributed by atoms with Crippen molar-refractivity contribution in [3.8, 4) is 0 Å². The first kappa shape index (κ1) is 6.58. The third-order valence-corrected chi connectivity index (χ3v) is 2.27. The Balaban J connectivity index is 2.09. The molecule has 2 unspecified atom stereocenters. The zero-order chi connectivity index (χ0) is 7.14. The fourth-order valence-electron chi connectivity index (χ4n) is 1.67. The van der Waals surface area contributed by atoms with Crippen LogP contribution in [0.3, 0.4) is 0 Å². The molecular formula is C7H12O3. The minimum absolute atomic E-state index is 0.0463. The van der Waals surface area contributed by atoms with Gasteiger partial charge in [-0.25, -0.2) is 0 Å². The maximum Gasteiger partial charge on any atom is 0.112 e. The van der Waals surface area contributed by atoms with Gasteiger partial charge in [0, 0.05) is 5.92 Å². The molecule has 1 N–H and O–H groups in total. The van der Waals surface area contributed by atoms with Crippen molar-refractivity contribution in [3.05, 3.63) is 0 Å². The molecule has 0 spiro atoms. The maximum atomic E-state index is 9.27. The van der Waals surface area contributed by atoms with Gasteiger partial charge >= 0.3 is 0 Å². The fourth-order valence-corrected chi connectivity index (χ4v) is 1.67. The Morgan fingerprint density at radius 3 is 2.60 bits per heavy atom. The van der Waals surface area contributed by atoms with E-state index in [1.807, 2.05) is 0 Å². The lowest BCUT2D eigenvalue weighted by molar-refractivity contribution is 0.0173. The first-order valence-corrected chi connectivity index (χ1v) is 3.70. The lowest BCUT2D eigenvalue weighted by Gasteiger charge is -2.10. The predicted molar refractivity (Wildman–Crippen MR) is 34.7 cm³/mol. The highest BCUT2D eigenvalue weighted by Crippen LogP contribution is 2.30. The van der Waals surface area contributed by atoms with Crippen LogP contribution in [0.1, 0.15) is 6.92 Å². The molecule has 0 aromatic heterocycles. The molecule has 2 fully saturated rings. The number of fused-ring (bicyclic) bond motifs is 1. The molecule has 4 atom stereocenters. The molecule has 2 heterocycles. The summed E-state index contributed by atoms with van der Waals surface area (Å²) in [6.45, 7) is 3.26. The molecule has 0 aromatic carbocycles. The van der Waals surface area contributed by atoms with Crippen LogP contribution in [0.25, 0.3) is 0 Å². The van der Waals surface area contributed by atoms with E-state index < -0.39 is 6.10 Å². The molecule has 3 nitrogen and oxygen atoms in total. The topological polar surface area (TPSA) is 38.7 Å². The van der Waals surface area contributed by atoms with Gasteiger partial charge < -0.3 is 14.6 Å². The van der Waals surface area contributed by atoms with Crippen LogP contribution >= 0.6 is 0 Å². The van der Waals surface area contributed by atoms with Crippen molar-refractivity contribution in [2.24, 2.45) is 5.92 Å². The number of rotatable bonds is 0. The van der Waals surface area contributed by atoms with Crippen LogP contribution < -0.4 is 0 Å². The summed E-state index contributed by atoms with van der Waals surface area (Å²) in [6, 6.07) is 0. The van der Waals surface area contributed by atoms with E-state index in [0.29, 0.717) is 12.5 Å². The third-order valence-electron chi connectivity index (χ3n) is 2.27. The molecule has 58 valence electrons. The molecule has 10 heavy (non-hydrogen) atoms. The van der Waals surface area contributed by atoms with Crippen molar-refractivity contribution in [1.82, 2.24) is 0 Å². The minimum atomic E-state index is -0.394. The van der Waals surface area contributed by atoms with Crippen LogP contribution in [-0.4, -0.2) is 36.6 Å². The van der Waals surface area contributed by atoms with Crippen LogP contribution in [0, 0.1) is 5.92 Å². The highest BCUT2D eigenvalue weighted by Gasteiger charge is 2.44. The molecule has 0 amide bonds. The lowest BCUT2D eigenvalue weighted by atomic mass is 10.0. The average Bonchev–Trinajstić information content (AvgIpc) is 2.41. The van der Waals surface area contributed by atoms with Crippen molar-refractivity contribution in [2.45, 2.75) is 25.2 Å². The summed E-state index contributed by atoms with van der Waals surface area (Å²) >= 11 is 0. The molecule has 0 radical (unpaired) electrons. The normalized spacial score (nSPS) is 53.4. The standard InChI is InChI=1S/C7H12O3/c1-4-2-9-7-5(8)3-10-6(4)7/h4-8H,2-3H2,1H3/t4?,5?,6-,7-/m1/s1. The second-order valence-electron chi connectivity index (χ2n) is 3.14. The first-order chi connectivity index (χ1) is 4.79. The molecule has 0 saturated carbocycles. The highest BCUT2D eigenvalue weighted by atomic mass is 16.6.